The summed E-state index contributed by atoms with van der Waals surface area (Å²) < 4.78 is 33.1. The third-order valence-electron chi connectivity index (χ3n) is 4.44. The zero-order valence-corrected chi connectivity index (χ0v) is 18.9. The summed E-state index contributed by atoms with van der Waals surface area (Å²) in [7, 11) is -1.92. The van der Waals surface area contributed by atoms with Crippen LogP contribution < -0.4 is 9.54 Å². The molecular weight excluding hydrogens is 428 g/mol. The number of benzene rings is 2. The summed E-state index contributed by atoms with van der Waals surface area (Å²) in [6, 6.07) is 12.0. The molecule has 29 heavy (non-hydrogen) atoms. The van der Waals surface area contributed by atoms with E-state index in [1.807, 2.05) is 29.0 Å². The van der Waals surface area contributed by atoms with Gasteiger partial charge < -0.3 is 9.30 Å². The van der Waals surface area contributed by atoms with E-state index in [0.29, 0.717) is 11.3 Å². The normalized spacial score (nSPS) is 12.4. The average Bonchev–Trinajstić information content (AvgIpc) is 3.08. The molecule has 0 unspecified atom stereocenters. The van der Waals surface area contributed by atoms with Gasteiger partial charge in [0, 0.05) is 18.4 Å². The van der Waals surface area contributed by atoms with Crippen molar-refractivity contribution in [3.8, 4) is 5.75 Å². The Bertz CT molecular complexity index is 1210. The smallest absolute Gasteiger partial charge is 0.280 e. The summed E-state index contributed by atoms with van der Waals surface area (Å²) in [4.78, 5) is 17.8. The van der Waals surface area contributed by atoms with E-state index in [0.717, 1.165) is 21.7 Å². The number of methoxy groups -OCH3 is 1. The number of ether oxygens (including phenoxy) is 1. The van der Waals surface area contributed by atoms with Gasteiger partial charge in [-0.2, -0.15) is 16.8 Å². The molecule has 9 heteroatoms. The Hall–Kier alpha value is -2.10. The molecular formula is C20H22N2O4S3. The van der Waals surface area contributed by atoms with Gasteiger partial charge in [-0.05, 0) is 30.5 Å². The second-order valence-corrected chi connectivity index (χ2v) is 10.4. The maximum Gasteiger partial charge on any atom is 0.280 e. The molecule has 0 aliphatic rings. The van der Waals surface area contributed by atoms with E-state index >= 15 is 0 Å². The third kappa shape index (κ3) is 4.57. The molecule has 0 aliphatic carbocycles. The second kappa shape index (κ2) is 9.15. The molecule has 0 spiro atoms. The predicted molar refractivity (Wildman–Crippen MR) is 119 cm³/mol. The van der Waals surface area contributed by atoms with Crippen molar-refractivity contribution in [2.75, 3.05) is 24.9 Å². The molecule has 6 nitrogen and oxygen atoms in total. The number of carbonyl (C=O) groups excluding carboxylic acids is 1. The Morgan fingerprint density at radius 3 is 2.69 bits per heavy atom. The van der Waals surface area contributed by atoms with Crippen LogP contribution in [0.4, 0.5) is 0 Å². The monoisotopic (exact) mass is 450 g/mol. The molecule has 1 amide bonds. The number of aryl methyl sites for hydroxylation is 1. The van der Waals surface area contributed by atoms with Crippen molar-refractivity contribution >= 4 is 49.1 Å². The van der Waals surface area contributed by atoms with Crippen LogP contribution >= 0.6 is 23.1 Å². The molecule has 1 aromatic heterocycles. The number of rotatable bonds is 7. The Labute approximate surface area is 178 Å². The molecule has 0 atom stereocenters. The van der Waals surface area contributed by atoms with Gasteiger partial charge in [-0.15, -0.1) is 0 Å². The lowest BCUT2D eigenvalue weighted by atomic mass is 10.2. The minimum absolute atomic E-state index is 0.0229. The largest absolute Gasteiger partial charge is 0.497 e. The summed E-state index contributed by atoms with van der Waals surface area (Å²) in [6.07, 6.45) is 2.02. The first-order valence-electron chi connectivity index (χ1n) is 8.98. The molecule has 2 aromatic carbocycles. The first-order chi connectivity index (χ1) is 13.9. The van der Waals surface area contributed by atoms with E-state index in [2.05, 4.69) is 4.99 Å². The van der Waals surface area contributed by atoms with Gasteiger partial charge in [-0.1, -0.05) is 30.4 Å². The Balaban J connectivity index is 2.17. The maximum atomic E-state index is 13.0. The minimum atomic E-state index is -3.53. The van der Waals surface area contributed by atoms with Gasteiger partial charge in [0.15, 0.2) is 14.6 Å². The molecule has 3 aromatic rings. The second-order valence-electron chi connectivity index (χ2n) is 6.18. The van der Waals surface area contributed by atoms with Crippen molar-refractivity contribution in [2.24, 2.45) is 4.99 Å². The Morgan fingerprint density at radius 1 is 1.24 bits per heavy atom. The van der Waals surface area contributed by atoms with E-state index in [1.54, 1.807) is 37.9 Å². The number of nitrogens with zero attached hydrogens (tertiary/aromatic N) is 2. The van der Waals surface area contributed by atoms with E-state index in [4.69, 9.17) is 4.74 Å². The fourth-order valence-corrected chi connectivity index (χ4v) is 5.36. The molecule has 0 aliphatic heterocycles. The number of aromatic nitrogens is 1. The van der Waals surface area contributed by atoms with Gasteiger partial charge in [0.05, 0.1) is 33.5 Å². The molecule has 0 saturated heterocycles. The van der Waals surface area contributed by atoms with Crippen molar-refractivity contribution in [1.29, 1.82) is 0 Å². The molecule has 0 radical (unpaired) electrons. The summed E-state index contributed by atoms with van der Waals surface area (Å²) in [5, 5.41) is 0. The van der Waals surface area contributed by atoms with Crippen LogP contribution in [0.15, 0.2) is 52.4 Å². The SMILES string of the molecule is CCS(=O)(=O)c1ccccc1C(=O)N=c1sc2ccc(OC)cc2n1CCSC. The highest BCUT2D eigenvalue weighted by Crippen LogP contribution is 2.24. The van der Waals surface area contributed by atoms with Crippen LogP contribution in [0.3, 0.4) is 0 Å². The summed E-state index contributed by atoms with van der Waals surface area (Å²) in [5.41, 5.74) is 1.03. The number of amides is 1. The first-order valence-corrected chi connectivity index (χ1v) is 12.8. The van der Waals surface area contributed by atoms with Crippen molar-refractivity contribution in [2.45, 2.75) is 18.4 Å². The van der Waals surface area contributed by atoms with Crippen LogP contribution in [0.5, 0.6) is 5.75 Å². The van der Waals surface area contributed by atoms with Crippen molar-refractivity contribution in [1.82, 2.24) is 4.57 Å². The highest BCUT2D eigenvalue weighted by atomic mass is 32.2. The third-order valence-corrected chi connectivity index (χ3v) is 7.87. The highest BCUT2D eigenvalue weighted by Gasteiger charge is 2.20. The standard InChI is InChI=1S/C20H22N2O4S3/c1-4-29(24,25)18-8-6-5-7-15(18)19(23)21-20-22(11-12-27-3)16-13-14(26-2)9-10-17(16)28-20/h5-10,13H,4,11-12H2,1-3H3. The predicted octanol–water partition coefficient (Wildman–Crippen LogP) is 3.61. The quantitative estimate of drug-likeness (QED) is 0.550. The van der Waals surface area contributed by atoms with E-state index < -0.39 is 15.7 Å². The average molecular weight is 451 g/mol. The number of thioether (sulfide) groups is 1. The number of hydrogen-bond donors (Lipinski definition) is 0. The Kier molecular flexibility index (Phi) is 6.81. The Morgan fingerprint density at radius 2 is 2.00 bits per heavy atom. The van der Waals surface area contributed by atoms with Gasteiger partial charge in [0.25, 0.3) is 5.91 Å². The van der Waals surface area contributed by atoms with Crippen molar-refractivity contribution in [3.63, 3.8) is 0 Å². The molecule has 0 saturated carbocycles. The molecule has 3 rings (SSSR count). The summed E-state index contributed by atoms with van der Waals surface area (Å²) >= 11 is 3.09. The topological polar surface area (TPSA) is 77.7 Å². The van der Waals surface area contributed by atoms with Crippen LogP contribution in [-0.2, 0) is 16.4 Å². The fraction of sp³-hybridized carbons (Fsp3) is 0.300. The number of hydrogen-bond acceptors (Lipinski definition) is 6. The van der Waals surface area contributed by atoms with Gasteiger partial charge >= 0.3 is 0 Å². The lowest BCUT2D eigenvalue weighted by Crippen LogP contribution is -2.19. The fourth-order valence-electron chi connectivity index (χ4n) is 2.88. The lowest BCUT2D eigenvalue weighted by Gasteiger charge is -2.07. The molecule has 154 valence electrons. The lowest BCUT2D eigenvalue weighted by molar-refractivity contribution is 0.0994. The first kappa shape index (κ1) is 21.6. The van der Waals surface area contributed by atoms with E-state index in [9.17, 15) is 13.2 Å². The zero-order chi connectivity index (χ0) is 21.0. The zero-order valence-electron chi connectivity index (χ0n) is 16.4. The van der Waals surface area contributed by atoms with Gasteiger partial charge in [0.2, 0.25) is 0 Å². The van der Waals surface area contributed by atoms with E-state index in [-0.39, 0.29) is 16.2 Å². The van der Waals surface area contributed by atoms with Gasteiger partial charge in [-0.25, -0.2) is 8.42 Å². The number of sulfone groups is 1. The highest BCUT2D eigenvalue weighted by molar-refractivity contribution is 7.98. The number of carbonyl (C=O) groups is 1. The molecule has 0 N–H and O–H groups in total. The molecule has 1 heterocycles. The van der Waals surface area contributed by atoms with Gasteiger partial charge in [-0.3, -0.25) is 4.79 Å². The number of fused-ring (bicyclic) bond motifs is 1. The summed E-state index contributed by atoms with van der Waals surface area (Å²) in [6.45, 7) is 2.23. The molecule has 0 fully saturated rings. The van der Waals surface area contributed by atoms with E-state index in [1.165, 1.54) is 23.5 Å². The summed E-state index contributed by atoms with van der Waals surface area (Å²) in [5.74, 6) is 0.943. The van der Waals surface area contributed by atoms with Crippen LogP contribution in [0.2, 0.25) is 0 Å². The minimum Gasteiger partial charge on any atom is -0.497 e. The van der Waals surface area contributed by atoms with Crippen LogP contribution in [0.1, 0.15) is 17.3 Å². The molecule has 0 bridgehead atoms. The van der Waals surface area contributed by atoms with Crippen LogP contribution in [-0.4, -0.2) is 43.8 Å². The van der Waals surface area contributed by atoms with Crippen molar-refractivity contribution in [3.05, 3.63) is 52.8 Å². The van der Waals surface area contributed by atoms with Crippen LogP contribution in [0.25, 0.3) is 10.2 Å². The van der Waals surface area contributed by atoms with Gasteiger partial charge in [0.1, 0.15) is 5.75 Å². The van der Waals surface area contributed by atoms with Crippen molar-refractivity contribution < 1.29 is 17.9 Å². The van der Waals surface area contributed by atoms with Crippen LogP contribution in [0, 0.1) is 0 Å². The maximum absolute atomic E-state index is 13.0. The number of thiazole rings is 1.